The largest absolute Gasteiger partial charge is 0.504 e. The van der Waals surface area contributed by atoms with Crippen molar-refractivity contribution < 1.29 is 19.0 Å². The molecule has 0 bridgehead atoms. The van der Waals surface area contributed by atoms with Gasteiger partial charge in [0.05, 0.1) is 0 Å². The van der Waals surface area contributed by atoms with Crippen LogP contribution in [0.3, 0.4) is 0 Å². The number of rotatable bonds is 4. The van der Waals surface area contributed by atoms with Crippen molar-refractivity contribution in [3.05, 3.63) is 53.1 Å². The van der Waals surface area contributed by atoms with Gasteiger partial charge in [0.1, 0.15) is 5.75 Å². The van der Waals surface area contributed by atoms with Gasteiger partial charge in [-0.05, 0) is 29.9 Å². The van der Waals surface area contributed by atoms with E-state index in [0.717, 1.165) is 16.7 Å². The summed E-state index contributed by atoms with van der Waals surface area (Å²) in [6, 6.07) is 10.7. The Morgan fingerprint density at radius 1 is 0.846 bits per heavy atom. The summed E-state index contributed by atoms with van der Waals surface area (Å²) in [6.45, 7) is 14.8. The van der Waals surface area contributed by atoms with E-state index < -0.39 is 8.60 Å². The average Bonchev–Trinajstić information content (AvgIpc) is 2.49. The normalized spacial score (nSPS) is 13.4. The molecular formula is C21H29O4P. The first-order valence-electron chi connectivity index (χ1n) is 8.68. The molecule has 2 rings (SSSR count). The van der Waals surface area contributed by atoms with E-state index in [4.69, 9.17) is 9.05 Å². The maximum absolute atomic E-state index is 10.4. The Bertz CT molecular complexity index is 737. The van der Waals surface area contributed by atoms with Crippen LogP contribution in [0.25, 0.3) is 0 Å². The molecule has 0 aliphatic rings. The minimum absolute atomic E-state index is 0.0337. The molecule has 0 aromatic heterocycles. The highest BCUT2D eigenvalue weighted by Crippen LogP contribution is 2.47. The van der Waals surface area contributed by atoms with Crippen molar-refractivity contribution in [2.24, 2.45) is 0 Å². The van der Waals surface area contributed by atoms with Gasteiger partial charge in [0.15, 0.2) is 11.5 Å². The number of benzene rings is 2. The van der Waals surface area contributed by atoms with Crippen LogP contribution in [-0.4, -0.2) is 10.00 Å². The van der Waals surface area contributed by atoms with Gasteiger partial charge in [-0.1, -0.05) is 71.4 Å². The van der Waals surface area contributed by atoms with Crippen LogP contribution in [0.4, 0.5) is 0 Å². The highest BCUT2D eigenvalue weighted by Gasteiger charge is 2.30. The van der Waals surface area contributed by atoms with Gasteiger partial charge < -0.3 is 19.0 Å². The van der Waals surface area contributed by atoms with Crippen LogP contribution in [0.5, 0.6) is 17.2 Å². The molecule has 0 fully saturated rings. The lowest BCUT2D eigenvalue weighted by Crippen LogP contribution is -2.19. The quantitative estimate of drug-likeness (QED) is 0.645. The smallest absolute Gasteiger partial charge is 0.460 e. The van der Waals surface area contributed by atoms with Crippen molar-refractivity contribution in [2.75, 3.05) is 0 Å². The van der Waals surface area contributed by atoms with Gasteiger partial charge in [-0.25, -0.2) is 0 Å². The van der Waals surface area contributed by atoms with E-state index in [1.54, 1.807) is 18.2 Å². The van der Waals surface area contributed by atoms with Crippen molar-refractivity contribution >= 4 is 8.60 Å². The topological polar surface area (TPSA) is 58.9 Å². The maximum Gasteiger partial charge on any atom is 0.460 e. The second-order valence-corrected chi connectivity index (χ2v) is 9.42. The molecule has 26 heavy (non-hydrogen) atoms. The first kappa shape index (κ1) is 20.5. The van der Waals surface area contributed by atoms with Gasteiger partial charge in [-0.2, -0.15) is 0 Å². The minimum Gasteiger partial charge on any atom is -0.504 e. The Kier molecular flexibility index (Phi) is 5.89. The molecule has 2 N–H and O–H groups in total. The van der Waals surface area contributed by atoms with Crippen molar-refractivity contribution in [3.63, 3.8) is 0 Å². The van der Waals surface area contributed by atoms with Crippen LogP contribution in [0.1, 0.15) is 58.2 Å². The Hall–Kier alpha value is -1.77. The molecular weight excluding hydrogens is 347 g/mol. The lowest BCUT2D eigenvalue weighted by Gasteiger charge is -2.30. The summed E-state index contributed by atoms with van der Waals surface area (Å²) in [5, 5.41) is 9.85. The fourth-order valence-corrected chi connectivity index (χ4v) is 3.41. The number of phenols is 1. The predicted octanol–water partition coefficient (Wildman–Crippen LogP) is 5.97. The van der Waals surface area contributed by atoms with E-state index in [-0.39, 0.29) is 22.3 Å². The Morgan fingerprint density at radius 3 is 1.81 bits per heavy atom. The number of para-hydroxylation sites is 2. The van der Waals surface area contributed by atoms with Crippen molar-refractivity contribution in [1.29, 1.82) is 0 Å². The third-order valence-electron chi connectivity index (χ3n) is 4.06. The Labute approximate surface area is 157 Å². The van der Waals surface area contributed by atoms with Crippen LogP contribution in [0, 0.1) is 6.92 Å². The van der Waals surface area contributed by atoms with E-state index in [1.165, 1.54) is 6.07 Å². The molecule has 2 aromatic carbocycles. The molecule has 0 amide bonds. The van der Waals surface area contributed by atoms with Crippen LogP contribution in [0.15, 0.2) is 36.4 Å². The van der Waals surface area contributed by atoms with Gasteiger partial charge in [0, 0.05) is 11.1 Å². The molecule has 0 aliphatic heterocycles. The maximum atomic E-state index is 10.4. The van der Waals surface area contributed by atoms with E-state index in [2.05, 4.69) is 60.6 Å². The second kappa shape index (κ2) is 7.46. The third-order valence-corrected chi connectivity index (χ3v) is 4.75. The summed E-state index contributed by atoms with van der Waals surface area (Å²) in [6.07, 6.45) is 0. The zero-order chi connectivity index (χ0) is 19.7. The zero-order valence-electron chi connectivity index (χ0n) is 16.6. The number of aryl methyl sites for hydroxylation is 1. The van der Waals surface area contributed by atoms with Crippen LogP contribution in [0.2, 0.25) is 0 Å². The minimum atomic E-state index is -2.25. The molecule has 1 atom stereocenters. The van der Waals surface area contributed by atoms with Crippen LogP contribution < -0.4 is 9.05 Å². The second-order valence-electron chi connectivity index (χ2n) is 8.58. The molecule has 0 saturated heterocycles. The Morgan fingerprint density at radius 2 is 1.35 bits per heavy atom. The van der Waals surface area contributed by atoms with Gasteiger partial charge in [0.2, 0.25) is 0 Å². The van der Waals surface area contributed by atoms with Crippen LogP contribution >= 0.6 is 8.60 Å². The summed E-state index contributed by atoms with van der Waals surface area (Å²) in [7, 11) is -2.25. The summed E-state index contributed by atoms with van der Waals surface area (Å²) >= 11 is 0. The zero-order valence-corrected chi connectivity index (χ0v) is 17.5. The van der Waals surface area contributed by atoms with Gasteiger partial charge in [-0.3, -0.25) is 0 Å². The monoisotopic (exact) mass is 376 g/mol. The molecule has 4 nitrogen and oxygen atoms in total. The summed E-state index contributed by atoms with van der Waals surface area (Å²) in [5.41, 5.74) is 2.87. The average molecular weight is 376 g/mol. The predicted molar refractivity (Wildman–Crippen MR) is 107 cm³/mol. The SMILES string of the molecule is Cc1cc(C(C)(C)C)c(OP(O)Oc2ccccc2O)c(C(C)(C)C)c1. The van der Waals surface area contributed by atoms with E-state index in [9.17, 15) is 10.00 Å². The summed E-state index contributed by atoms with van der Waals surface area (Å²) in [5.74, 6) is 0.816. The fraction of sp³-hybridized carbons (Fsp3) is 0.429. The van der Waals surface area contributed by atoms with Crippen molar-refractivity contribution in [2.45, 2.75) is 59.3 Å². The lowest BCUT2D eigenvalue weighted by atomic mass is 9.78. The molecule has 1 unspecified atom stereocenters. The van der Waals surface area contributed by atoms with Gasteiger partial charge in [0.25, 0.3) is 0 Å². The number of hydrogen-bond donors (Lipinski definition) is 2. The van der Waals surface area contributed by atoms with Gasteiger partial charge in [-0.15, -0.1) is 0 Å². The molecule has 0 spiro atoms. The van der Waals surface area contributed by atoms with E-state index in [1.807, 2.05) is 0 Å². The number of hydrogen-bond acceptors (Lipinski definition) is 4. The summed E-state index contributed by atoms with van der Waals surface area (Å²) < 4.78 is 11.4. The van der Waals surface area contributed by atoms with Crippen molar-refractivity contribution in [1.82, 2.24) is 0 Å². The number of phenolic OH excluding ortho intramolecular Hbond substituents is 1. The standard InChI is InChI=1S/C21H29O4P/c1-14-12-15(20(2,3)4)19(16(13-14)21(5,6)7)25-26(23)24-18-11-9-8-10-17(18)22/h8-13,22-23H,1-7H3. The highest BCUT2D eigenvalue weighted by molar-refractivity contribution is 7.41. The molecule has 0 heterocycles. The molecule has 0 radical (unpaired) electrons. The summed E-state index contributed by atoms with van der Waals surface area (Å²) in [4.78, 5) is 10.4. The molecule has 2 aromatic rings. The first-order chi connectivity index (χ1) is 11.9. The van der Waals surface area contributed by atoms with E-state index >= 15 is 0 Å². The Balaban J connectivity index is 2.45. The third kappa shape index (κ3) is 4.90. The lowest BCUT2D eigenvalue weighted by molar-refractivity contribution is 0.357. The first-order valence-corrected chi connectivity index (χ1v) is 9.81. The molecule has 0 saturated carbocycles. The van der Waals surface area contributed by atoms with E-state index in [0.29, 0.717) is 5.75 Å². The highest BCUT2D eigenvalue weighted by atomic mass is 31.2. The number of aromatic hydroxyl groups is 1. The molecule has 0 aliphatic carbocycles. The molecule has 142 valence electrons. The van der Waals surface area contributed by atoms with Gasteiger partial charge >= 0.3 is 8.60 Å². The molecule has 5 heteroatoms. The van der Waals surface area contributed by atoms with Crippen LogP contribution in [-0.2, 0) is 10.8 Å². The fourth-order valence-electron chi connectivity index (χ4n) is 2.70. The van der Waals surface area contributed by atoms with Crippen molar-refractivity contribution in [3.8, 4) is 17.2 Å².